The van der Waals surface area contributed by atoms with Crippen molar-refractivity contribution in [2.45, 2.75) is 165 Å². The highest BCUT2D eigenvalue weighted by atomic mass is 16.7. The molecule has 0 aromatic carbocycles. The number of rotatable bonds is 12. The van der Waals surface area contributed by atoms with Crippen LogP contribution in [0.25, 0.3) is 0 Å². The van der Waals surface area contributed by atoms with E-state index in [0.717, 1.165) is 38.5 Å². The van der Waals surface area contributed by atoms with E-state index >= 15 is 0 Å². The second kappa shape index (κ2) is 16.8. The summed E-state index contributed by atoms with van der Waals surface area (Å²) in [6.45, 7) is 6.28. The van der Waals surface area contributed by atoms with Gasteiger partial charge in [-0.15, -0.1) is 0 Å². The van der Waals surface area contributed by atoms with Crippen molar-refractivity contribution in [3.8, 4) is 0 Å². The molecule has 2 aliphatic carbocycles. The zero-order valence-corrected chi connectivity index (χ0v) is 27.3. The molecule has 4 fully saturated rings. The molecule has 9 unspecified atom stereocenters. The van der Waals surface area contributed by atoms with Crippen LogP contribution in [0.15, 0.2) is 0 Å². The van der Waals surface area contributed by atoms with Crippen molar-refractivity contribution in [1.29, 1.82) is 0 Å². The summed E-state index contributed by atoms with van der Waals surface area (Å²) in [4.78, 5) is 24.8. The van der Waals surface area contributed by atoms with E-state index in [1.165, 1.54) is 6.92 Å². The first kappa shape index (κ1) is 37.4. The maximum atomic E-state index is 12.5. The molecule has 14 heteroatoms. The molecule has 2 heterocycles. The number of carbonyl (C=O) groups is 2. The number of ether oxygens (including phenoxy) is 5. The number of carbonyl (C=O) groups excluding carboxylic acids is 1. The van der Waals surface area contributed by atoms with E-state index in [1.807, 2.05) is 6.92 Å². The van der Waals surface area contributed by atoms with E-state index in [-0.39, 0.29) is 24.2 Å². The number of amides is 1. The van der Waals surface area contributed by atoms with Crippen LogP contribution in [-0.4, -0.2) is 129 Å². The lowest BCUT2D eigenvalue weighted by Gasteiger charge is -2.49. The smallest absolute Gasteiger partial charge is 0.332 e. The second-order valence-corrected chi connectivity index (χ2v) is 13.8. The molecule has 1 amide bonds. The zero-order chi connectivity index (χ0) is 33.7. The van der Waals surface area contributed by atoms with Gasteiger partial charge in [0.1, 0.15) is 42.7 Å². The number of carboxylic acids is 1. The lowest BCUT2D eigenvalue weighted by molar-refractivity contribution is -0.339. The van der Waals surface area contributed by atoms with Gasteiger partial charge in [0, 0.05) is 6.92 Å². The van der Waals surface area contributed by atoms with Crippen molar-refractivity contribution < 1.29 is 63.9 Å². The summed E-state index contributed by atoms with van der Waals surface area (Å²) in [5, 5.41) is 65.5. The Kier molecular flexibility index (Phi) is 13.6. The van der Waals surface area contributed by atoms with E-state index < -0.39 is 98.1 Å². The minimum Gasteiger partial charge on any atom is -0.479 e. The molecule has 0 aromatic rings. The number of nitrogens with one attached hydrogen (secondary N) is 1. The minimum atomic E-state index is -1.52. The summed E-state index contributed by atoms with van der Waals surface area (Å²) in [7, 11) is 0. The van der Waals surface area contributed by atoms with Crippen LogP contribution in [0, 0.1) is 17.8 Å². The summed E-state index contributed by atoms with van der Waals surface area (Å²) >= 11 is 0. The Morgan fingerprint density at radius 3 is 2.20 bits per heavy atom. The molecule has 4 aliphatic rings. The van der Waals surface area contributed by atoms with Crippen LogP contribution in [0.5, 0.6) is 0 Å². The fourth-order valence-corrected chi connectivity index (χ4v) is 7.63. The highest BCUT2D eigenvalue weighted by Gasteiger charge is 2.52. The molecule has 2 aliphatic heterocycles. The third-order valence-electron chi connectivity index (χ3n) is 10.2. The van der Waals surface area contributed by atoms with E-state index in [9.17, 15) is 40.2 Å². The van der Waals surface area contributed by atoms with E-state index in [4.69, 9.17) is 23.7 Å². The first-order valence-corrected chi connectivity index (χ1v) is 16.9. The molecule has 46 heavy (non-hydrogen) atoms. The fraction of sp³-hybridized carbons (Fsp3) is 0.938. The van der Waals surface area contributed by atoms with E-state index in [2.05, 4.69) is 12.2 Å². The summed E-state index contributed by atoms with van der Waals surface area (Å²) in [6, 6.07) is -1.14. The van der Waals surface area contributed by atoms with Gasteiger partial charge in [0.15, 0.2) is 18.7 Å². The van der Waals surface area contributed by atoms with Gasteiger partial charge >= 0.3 is 5.97 Å². The van der Waals surface area contributed by atoms with Crippen LogP contribution in [0.3, 0.4) is 0 Å². The molecule has 0 aromatic heterocycles. The van der Waals surface area contributed by atoms with Crippen LogP contribution in [-0.2, 0) is 33.3 Å². The average molecular weight is 662 g/mol. The van der Waals surface area contributed by atoms with Crippen molar-refractivity contribution in [2.75, 3.05) is 6.61 Å². The van der Waals surface area contributed by atoms with Gasteiger partial charge in [-0.2, -0.15) is 0 Å². The second-order valence-electron chi connectivity index (χ2n) is 13.8. The van der Waals surface area contributed by atoms with Crippen molar-refractivity contribution in [2.24, 2.45) is 17.8 Å². The average Bonchev–Trinajstić information content (AvgIpc) is 3.02. The quantitative estimate of drug-likeness (QED) is 0.151. The van der Waals surface area contributed by atoms with Gasteiger partial charge in [0.2, 0.25) is 5.91 Å². The van der Waals surface area contributed by atoms with Crippen molar-refractivity contribution in [3.05, 3.63) is 0 Å². The monoisotopic (exact) mass is 661 g/mol. The summed E-state index contributed by atoms with van der Waals surface area (Å²) in [5.74, 6) is -1.40. The molecule has 0 spiro atoms. The van der Waals surface area contributed by atoms with Crippen LogP contribution >= 0.6 is 0 Å². The molecule has 2 saturated heterocycles. The van der Waals surface area contributed by atoms with Crippen LogP contribution in [0.4, 0.5) is 0 Å². The molecule has 4 rings (SSSR count). The van der Waals surface area contributed by atoms with Gasteiger partial charge in [-0.3, -0.25) is 4.79 Å². The van der Waals surface area contributed by atoms with Gasteiger partial charge in [-0.25, -0.2) is 4.79 Å². The lowest BCUT2D eigenvalue weighted by Crippen LogP contribution is -2.67. The highest BCUT2D eigenvalue weighted by Crippen LogP contribution is 2.39. The van der Waals surface area contributed by atoms with Gasteiger partial charge in [-0.1, -0.05) is 52.4 Å². The largest absolute Gasteiger partial charge is 0.479 e. The maximum absolute atomic E-state index is 12.5. The topological polar surface area (TPSA) is 214 Å². The lowest BCUT2D eigenvalue weighted by atomic mass is 9.77. The summed E-state index contributed by atoms with van der Waals surface area (Å²) < 4.78 is 30.8. The van der Waals surface area contributed by atoms with Gasteiger partial charge in [0.05, 0.1) is 24.9 Å². The Morgan fingerprint density at radius 2 is 1.59 bits per heavy atom. The van der Waals surface area contributed by atoms with Crippen molar-refractivity contribution in [1.82, 2.24) is 5.32 Å². The molecule has 14 nitrogen and oxygen atoms in total. The van der Waals surface area contributed by atoms with Gasteiger partial charge in [0.25, 0.3) is 0 Å². The van der Waals surface area contributed by atoms with Crippen molar-refractivity contribution >= 4 is 11.9 Å². The Morgan fingerprint density at radius 1 is 0.891 bits per heavy atom. The highest BCUT2D eigenvalue weighted by molar-refractivity contribution is 5.73. The van der Waals surface area contributed by atoms with Crippen LogP contribution in [0.2, 0.25) is 0 Å². The number of hydrogen-bond donors (Lipinski definition) is 7. The normalized spacial score (nSPS) is 43.2. The standard InChI is InChI=1S/C32H55NO13/c1-5-19-11-15(2)12-20(28(19)46-32-27(39)26(38)24(36)16(3)42-32)44-31-23(33-17(4)35)29(25(37)22(14-34)45-31)43-21(30(40)41)13-18-9-7-6-8-10-18/h15-16,18-29,31-32,34,36-39H,5-14H2,1-4H3,(H,33,35)(H,40,41)/t15?,16-,19?,20+,21-,22?,23?,24?,25-,26?,27-,28?,29?,31+,32?/m0/s1. The number of aliphatic hydroxyl groups excluding tert-OH is 5. The first-order valence-electron chi connectivity index (χ1n) is 16.9. The minimum absolute atomic E-state index is 0.0650. The molecule has 0 bridgehead atoms. The van der Waals surface area contributed by atoms with Gasteiger partial charge < -0.3 is 59.6 Å². The molecular weight excluding hydrogens is 606 g/mol. The zero-order valence-electron chi connectivity index (χ0n) is 27.3. The SMILES string of the molecule is CCC1CC(C)C[C@@H](O[C@@H]2OC(CO)[C@H](O)C(O[C@@H](CC3CCCCC3)C(=O)O)C2NC(C)=O)C1OC1O[C@@H](C)C(O)C(O)[C@@H]1O. The molecular formula is C32H55NO13. The Bertz CT molecular complexity index is 982. The number of hydrogen-bond acceptors (Lipinski definition) is 12. The predicted molar refractivity (Wildman–Crippen MR) is 161 cm³/mol. The molecule has 266 valence electrons. The first-order chi connectivity index (χ1) is 21.8. The van der Waals surface area contributed by atoms with Crippen LogP contribution in [0.1, 0.15) is 85.5 Å². The fourth-order valence-electron chi connectivity index (χ4n) is 7.63. The third kappa shape index (κ3) is 8.95. The number of carboxylic acid groups (broad SMARTS) is 1. The molecule has 7 N–H and O–H groups in total. The van der Waals surface area contributed by atoms with Crippen LogP contribution < -0.4 is 5.32 Å². The maximum Gasteiger partial charge on any atom is 0.332 e. The Labute approximate surface area is 270 Å². The molecule has 2 saturated carbocycles. The number of aliphatic carboxylic acids is 1. The summed E-state index contributed by atoms with van der Waals surface area (Å²) in [6.07, 6.45) is -7.15. The molecule has 15 atom stereocenters. The van der Waals surface area contributed by atoms with E-state index in [1.54, 1.807) is 6.92 Å². The number of aliphatic hydroxyl groups is 5. The molecule has 0 radical (unpaired) electrons. The third-order valence-corrected chi connectivity index (χ3v) is 10.2. The van der Waals surface area contributed by atoms with Gasteiger partial charge in [-0.05, 0) is 43.9 Å². The van der Waals surface area contributed by atoms with E-state index in [0.29, 0.717) is 12.8 Å². The predicted octanol–water partition coefficient (Wildman–Crippen LogP) is 0.432. The Hall–Kier alpha value is -1.46. The summed E-state index contributed by atoms with van der Waals surface area (Å²) in [5.41, 5.74) is 0. The van der Waals surface area contributed by atoms with Crippen molar-refractivity contribution in [3.63, 3.8) is 0 Å². The Balaban J connectivity index is 1.60.